The third-order valence-corrected chi connectivity index (χ3v) is 5.28. The van der Waals surface area contributed by atoms with Crippen molar-refractivity contribution in [2.75, 3.05) is 32.9 Å². The smallest absolute Gasteiger partial charge is 0.0952 e. The highest BCUT2D eigenvalue weighted by atomic mass is 16.5. The number of rotatable bonds is 3. The molecule has 0 spiro atoms. The Morgan fingerprint density at radius 3 is 2.64 bits per heavy atom. The lowest BCUT2D eigenvalue weighted by Crippen LogP contribution is -2.44. The molecule has 0 aromatic heterocycles. The van der Waals surface area contributed by atoms with Crippen molar-refractivity contribution in [1.82, 2.24) is 10.2 Å². The van der Waals surface area contributed by atoms with Gasteiger partial charge in [-0.15, -0.1) is 0 Å². The van der Waals surface area contributed by atoms with Crippen molar-refractivity contribution in [1.29, 1.82) is 0 Å². The molecule has 3 aliphatic rings. The lowest BCUT2D eigenvalue weighted by molar-refractivity contribution is -0.0502. The van der Waals surface area contributed by atoms with Gasteiger partial charge in [-0.3, -0.25) is 4.90 Å². The molecule has 4 heteroatoms. The average molecular weight is 302 g/mol. The molecule has 22 heavy (non-hydrogen) atoms. The van der Waals surface area contributed by atoms with Crippen LogP contribution in [-0.2, 0) is 9.47 Å². The standard InChI is InChI=1S/C18H26N2O2/c1-2-4-14(5-3-1)18-12-20-11-16(10-17(20)13-22-18)19-15-6-8-21-9-7-15/h1-5,15-19H,6-13H2/t16-,17+,18-/m1/s1. The molecule has 3 fully saturated rings. The maximum Gasteiger partial charge on any atom is 0.0952 e. The quantitative estimate of drug-likeness (QED) is 0.925. The molecule has 3 saturated heterocycles. The Hall–Kier alpha value is -0.940. The number of hydrogen-bond acceptors (Lipinski definition) is 4. The van der Waals surface area contributed by atoms with E-state index in [1.165, 1.54) is 12.0 Å². The fourth-order valence-corrected chi connectivity index (χ4v) is 4.06. The molecule has 0 radical (unpaired) electrons. The summed E-state index contributed by atoms with van der Waals surface area (Å²) in [6.45, 7) is 4.88. The fraction of sp³-hybridized carbons (Fsp3) is 0.667. The number of ether oxygens (including phenoxy) is 2. The molecule has 1 aromatic carbocycles. The summed E-state index contributed by atoms with van der Waals surface area (Å²) in [5.41, 5.74) is 1.31. The van der Waals surface area contributed by atoms with Gasteiger partial charge >= 0.3 is 0 Å². The minimum absolute atomic E-state index is 0.235. The van der Waals surface area contributed by atoms with Gasteiger partial charge in [0.1, 0.15) is 0 Å². The summed E-state index contributed by atoms with van der Waals surface area (Å²) < 4.78 is 11.6. The van der Waals surface area contributed by atoms with Crippen molar-refractivity contribution in [3.63, 3.8) is 0 Å². The molecule has 0 aliphatic carbocycles. The van der Waals surface area contributed by atoms with Crippen molar-refractivity contribution < 1.29 is 9.47 Å². The second-order valence-corrected chi connectivity index (χ2v) is 6.83. The van der Waals surface area contributed by atoms with Crippen LogP contribution in [0.5, 0.6) is 0 Å². The Balaban J connectivity index is 1.33. The van der Waals surface area contributed by atoms with Crippen LogP contribution in [0, 0.1) is 0 Å². The van der Waals surface area contributed by atoms with Crippen LogP contribution in [0.3, 0.4) is 0 Å². The fourth-order valence-electron chi connectivity index (χ4n) is 4.06. The van der Waals surface area contributed by atoms with E-state index in [4.69, 9.17) is 9.47 Å². The summed E-state index contributed by atoms with van der Waals surface area (Å²) in [7, 11) is 0. The van der Waals surface area contributed by atoms with Crippen molar-refractivity contribution in [3.8, 4) is 0 Å². The molecule has 4 nitrogen and oxygen atoms in total. The Bertz CT molecular complexity index is 475. The van der Waals surface area contributed by atoms with Gasteiger partial charge < -0.3 is 14.8 Å². The topological polar surface area (TPSA) is 33.7 Å². The van der Waals surface area contributed by atoms with Crippen molar-refractivity contribution in [2.24, 2.45) is 0 Å². The number of nitrogens with one attached hydrogen (secondary N) is 1. The zero-order chi connectivity index (χ0) is 14.8. The maximum atomic E-state index is 6.13. The average Bonchev–Trinajstić information content (AvgIpc) is 2.98. The number of benzene rings is 1. The zero-order valence-corrected chi connectivity index (χ0v) is 13.1. The third-order valence-electron chi connectivity index (χ3n) is 5.28. The molecule has 3 atom stereocenters. The van der Waals surface area contributed by atoms with Gasteiger partial charge in [-0.25, -0.2) is 0 Å². The van der Waals surface area contributed by atoms with E-state index < -0.39 is 0 Å². The van der Waals surface area contributed by atoms with Gasteiger partial charge in [-0.1, -0.05) is 30.3 Å². The zero-order valence-electron chi connectivity index (χ0n) is 13.1. The first-order chi connectivity index (χ1) is 10.9. The Morgan fingerprint density at radius 2 is 1.82 bits per heavy atom. The number of hydrogen-bond donors (Lipinski definition) is 1. The first kappa shape index (κ1) is 14.6. The van der Waals surface area contributed by atoms with Gasteiger partial charge in [0.2, 0.25) is 0 Å². The highest BCUT2D eigenvalue weighted by molar-refractivity contribution is 5.18. The lowest BCUT2D eigenvalue weighted by atomic mass is 10.1. The minimum Gasteiger partial charge on any atom is -0.381 e. The van der Waals surface area contributed by atoms with Gasteiger partial charge in [-0.05, 0) is 24.8 Å². The highest BCUT2D eigenvalue weighted by Crippen LogP contribution is 2.30. The molecule has 0 amide bonds. The third kappa shape index (κ3) is 3.20. The van der Waals surface area contributed by atoms with Crippen LogP contribution >= 0.6 is 0 Å². The van der Waals surface area contributed by atoms with E-state index in [1.807, 2.05) is 0 Å². The normalized spacial score (nSPS) is 33.7. The van der Waals surface area contributed by atoms with E-state index in [-0.39, 0.29) is 6.10 Å². The van der Waals surface area contributed by atoms with Crippen LogP contribution in [0.4, 0.5) is 0 Å². The number of morpholine rings is 1. The first-order valence-electron chi connectivity index (χ1n) is 8.63. The van der Waals surface area contributed by atoms with Gasteiger partial charge in [0.05, 0.1) is 12.7 Å². The second-order valence-electron chi connectivity index (χ2n) is 6.83. The van der Waals surface area contributed by atoms with Gasteiger partial charge in [0, 0.05) is 44.4 Å². The van der Waals surface area contributed by atoms with Crippen LogP contribution < -0.4 is 5.32 Å². The molecule has 3 aliphatic heterocycles. The molecule has 0 unspecified atom stereocenters. The van der Waals surface area contributed by atoms with E-state index in [0.717, 1.165) is 45.8 Å². The minimum atomic E-state index is 0.235. The summed E-state index contributed by atoms with van der Waals surface area (Å²) in [6, 6.07) is 12.5. The predicted molar refractivity (Wildman–Crippen MR) is 85.9 cm³/mol. The molecule has 0 bridgehead atoms. The summed E-state index contributed by atoms with van der Waals surface area (Å²) >= 11 is 0. The first-order valence-corrected chi connectivity index (χ1v) is 8.63. The summed E-state index contributed by atoms with van der Waals surface area (Å²) in [5, 5.41) is 3.85. The Kier molecular flexibility index (Phi) is 4.44. The monoisotopic (exact) mass is 302 g/mol. The molecule has 1 N–H and O–H groups in total. The van der Waals surface area contributed by atoms with E-state index in [2.05, 4.69) is 40.5 Å². The molecule has 3 heterocycles. The maximum absolute atomic E-state index is 6.13. The van der Waals surface area contributed by atoms with Crippen molar-refractivity contribution in [2.45, 2.75) is 43.5 Å². The van der Waals surface area contributed by atoms with Gasteiger partial charge in [-0.2, -0.15) is 0 Å². The SMILES string of the molecule is c1ccc([C@H]2CN3C[C@H](NC4CCOCC4)C[C@H]3CO2)cc1. The Labute approximate surface area is 132 Å². The van der Waals surface area contributed by atoms with Crippen molar-refractivity contribution in [3.05, 3.63) is 35.9 Å². The van der Waals surface area contributed by atoms with Crippen LogP contribution in [-0.4, -0.2) is 55.9 Å². The Morgan fingerprint density at radius 1 is 1.00 bits per heavy atom. The molecular formula is C18H26N2O2. The van der Waals surface area contributed by atoms with Gasteiger partial charge in [0.15, 0.2) is 0 Å². The predicted octanol–water partition coefficient (Wildman–Crippen LogP) is 1.97. The summed E-state index contributed by atoms with van der Waals surface area (Å²) in [5.74, 6) is 0. The van der Waals surface area contributed by atoms with E-state index in [1.54, 1.807) is 0 Å². The summed E-state index contributed by atoms with van der Waals surface area (Å²) in [6.07, 6.45) is 3.77. The number of nitrogens with zero attached hydrogens (tertiary/aromatic N) is 1. The van der Waals surface area contributed by atoms with E-state index in [9.17, 15) is 0 Å². The number of fused-ring (bicyclic) bond motifs is 1. The van der Waals surface area contributed by atoms with Crippen LogP contribution in [0.15, 0.2) is 30.3 Å². The van der Waals surface area contributed by atoms with E-state index >= 15 is 0 Å². The van der Waals surface area contributed by atoms with Gasteiger partial charge in [0.25, 0.3) is 0 Å². The molecule has 120 valence electrons. The second kappa shape index (κ2) is 6.67. The van der Waals surface area contributed by atoms with Crippen LogP contribution in [0.1, 0.15) is 30.9 Å². The van der Waals surface area contributed by atoms with Crippen LogP contribution in [0.25, 0.3) is 0 Å². The largest absolute Gasteiger partial charge is 0.381 e. The highest BCUT2D eigenvalue weighted by Gasteiger charge is 2.38. The molecular weight excluding hydrogens is 276 g/mol. The molecule has 1 aromatic rings. The van der Waals surface area contributed by atoms with Crippen LogP contribution in [0.2, 0.25) is 0 Å². The lowest BCUT2D eigenvalue weighted by Gasteiger charge is -2.35. The summed E-state index contributed by atoms with van der Waals surface area (Å²) in [4.78, 5) is 2.62. The van der Waals surface area contributed by atoms with E-state index in [0.29, 0.717) is 18.1 Å². The van der Waals surface area contributed by atoms with Crippen molar-refractivity contribution >= 4 is 0 Å². The molecule has 4 rings (SSSR count). The molecule has 0 saturated carbocycles.